The number of ether oxygens (including phenoxy) is 4. The lowest BCUT2D eigenvalue weighted by atomic mass is 10.1. The third kappa shape index (κ3) is 6.49. The van der Waals surface area contributed by atoms with Crippen LogP contribution in [0.4, 0.5) is 0 Å². The van der Waals surface area contributed by atoms with Gasteiger partial charge in [-0.05, 0) is 51.5 Å². The highest BCUT2D eigenvalue weighted by Crippen LogP contribution is 2.39. The van der Waals surface area contributed by atoms with E-state index in [9.17, 15) is 4.79 Å². The number of amides is 1. The van der Waals surface area contributed by atoms with Gasteiger partial charge in [-0.15, -0.1) is 0 Å². The first-order valence-electron chi connectivity index (χ1n) is 9.64. The summed E-state index contributed by atoms with van der Waals surface area (Å²) < 4.78 is 27.7. The summed E-state index contributed by atoms with van der Waals surface area (Å²) in [6.07, 6.45) is 2.31. The number of hydrogen-bond donors (Lipinski definition) is 1. The highest BCUT2D eigenvalue weighted by Gasteiger charge is 2.18. The zero-order valence-corrected chi connectivity index (χ0v) is 16.8. The molecule has 0 saturated carbocycles. The van der Waals surface area contributed by atoms with Crippen LogP contribution in [0.2, 0.25) is 0 Å². The van der Waals surface area contributed by atoms with Crippen LogP contribution in [0.25, 0.3) is 0 Å². The van der Waals surface area contributed by atoms with Crippen LogP contribution in [-0.2, 0) is 11.3 Å². The molecule has 2 rings (SSSR count). The standard InChI is InChI=1S/C21H29NO6/c1-4-25-18-13-16(14-19(26-5-2)20(18)27-6-3)21(23)22-10-8-11-24-15-17-9-7-12-28-17/h7,9,12-14H,4-6,8,10-11,15H2,1-3H3,(H,22,23). The van der Waals surface area contributed by atoms with Gasteiger partial charge in [0.15, 0.2) is 11.5 Å². The number of carbonyl (C=O) groups is 1. The summed E-state index contributed by atoms with van der Waals surface area (Å²) in [6.45, 7) is 8.50. The summed E-state index contributed by atoms with van der Waals surface area (Å²) in [7, 11) is 0. The average molecular weight is 391 g/mol. The van der Waals surface area contributed by atoms with E-state index in [4.69, 9.17) is 23.4 Å². The third-order valence-corrected chi connectivity index (χ3v) is 3.75. The van der Waals surface area contributed by atoms with E-state index in [1.165, 1.54) is 0 Å². The molecule has 7 heteroatoms. The number of furan rings is 1. The molecule has 0 saturated heterocycles. The fraction of sp³-hybridized carbons (Fsp3) is 0.476. The Bertz CT molecular complexity index is 687. The van der Waals surface area contributed by atoms with E-state index in [0.29, 0.717) is 68.8 Å². The van der Waals surface area contributed by atoms with Crippen LogP contribution in [0.3, 0.4) is 0 Å². The van der Waals surface area contributed by atoms with E-state index in [1.54, 1.807) is 18.4 Å². The van der Waals surface area contributed by atoms with Crippen molar-refractivity contribution in [2.75, 3.05) is 33.0 Å². The molecule has 2 aromatic rings. The molecule has 0 spiro atoms. The summed E-state index contributed by atoms with van der Waals surface area (Å²) in [4.78, 5) is 12.5. The molecule has 0 aliphatic rings. The van der Waals surface area contributed by atoms with Crippen LogP contribution < -0.4 is 19.5 Å². The summed E-state index contributed by atoms with van der Waals surface area (Å²) in [5, 5.41) is 2.89. The number of hydrogen-bond acceptors (Lipinski definition) is 6. The van der Waals surface area contributed by atoms with Crippen molar-refractivity contribution in [1.82, 2.24) is 5.32 Å². The normalized spacial score (nSPS) is 10.5. The van der Waals surface area contributed by atoms with E-state index in [2.05, 4.69) is 5.32 Å². The van der Waals surface area contributed by atoms with Gasteiger partial charge in [0.2, 0.25) is 5.75 Å². The van der Waals surface area contributed by atoms with Crippen molar-refractivity contribution in [3.63, 3.8) is 0 Å². The second-order valence-electron chi connectivity index (χ2n) is 5.84. The lowest BCUT2D eigenvalue weighted by molar-refractivity contribution is 0.0916. The van der Waals surface area contributed by atoms with Gasteiger partial charge in [0.25, 0.3) is 5.91 Å². The van der Waals surface area contributed by atoms with Crippen molar-refractivity contribution >= 4 is 5.91 Å². The SMILES string of the molecule is CCOc1cc(C(=O)NCCCOCc2ccco2)cc(OCC)c1OCC. The van der Waals surface area contributed by atoms with Gasteiger partial charge in [0, 0.05) is 18.7 Å². The monoisotopic (exact) mass is 391 g/mol. The van der Waals surface area contributed by atoms with E-state index < -0.39 is 0 Å². The van der Waals surface area contributed by atoms with Gasteiger partial charge in [-0.3, -0.25) is 4.79 Å². The molecule has 0 atom stereocenters. The number of rotatable bonds is 13. The fourth-order valence-electron chi connectivity index (χ4n) is 2.57. The maximum atomic E-state index is 12.5. The molecule has 0 aliphatic heterocycles. The minimum atomic E-state index is -0.198. The quantitative estimate of drug-likeness (QED) is 0.523. The second-order valence-corrected chi connectivity index (χ2v) is 5.84. The van der Waals surface area contributed by atoms with E-state index in [-0.39, 0.29) is 5.91 Å². The highest BCUT2D eigenvalue weighted by atomic mass is 16.5. The van der Waals surface area contributed by atoms with E-state index in [1.807, 2.05) is 32.9 Å². The van der Waals surface area contributed by atoms with Crippen LogP contribution in [0.5, 0.6) is 17.2 Å². The Morgan fingerprint density at radius 2 is 1.71 bits per heavy atom. The predicted octanol–water partition coefficient (Wildman–Crippen LogP) is 3.81. The predicted molar refractivity (Wildman–Crippen MR) is 105 cm³/mol. The summed E-state index contributed by atoms with van der Waals surface area (Å²) in [5.41, 5.74) is 0.465. The van der Waals surface area contributed by atoms with Gasteiger partial charge in [-0.2, -0.15) is 0 Å². The lowest BCUT2D eigenvalue weighted by Gasteiger charge is -2.17. The molecule has 0 unspecified atom stereocenters. The molecule has 0 fully saturated rings. The molecular formula is C21H29NO6. The van der Waals surface area contributed by atoms with Crippen LogP contribution >= 0.6 is 0 Å². The average Bonchev–Trinajstić information content (AvgIpc) is 3.20. The molecule has 0 aliphatic carbocycles. The van der Waals surface area contributed by atoms with Crippen molar-refractivity contribution in [3.05, 3.63) is 41.9 Å². The zero-order chi connectivity index (χ0) is 20.2. The van der Waals surface area contributed by atoms with Crippen molar-refractivity contribution in [1.29, 1.82) is 0 Å². The summed E-state index contributed by atoms with van der Waals surface area (Å²) in [5.74, 6) is 2.11. The Balaban J connectivity index is 1.91. The molecule has 1 aromatic carbocycles. The minimum Gasteiger partial charge on any atom is -0.490 e. The Kier molecular flexibility index (Phi) is 9.21. The topological polar surface area (TPSA) is 79.2 Å². The third-order valence-electron chi connectivity index (χ3n) is 3.75. The molecule has 0 radical (unpaired) electrons. The minimum absolute atomic E-state index is 0.198. The van der Waals surface area contributed by atoms with E-state index >= 15 is 0 Å². The molecule has 7 nitrogen and oxygen atoms in total. The Hall–Kier alpha value is -2.67. The van der Waals surface area contributed by atoms with E-state index in [0.717, 1.165) is 5.76 Å². The first-order valence-corrected chi connectivity index (χ1v) is 9.64. The number of nitrogens with one attached hydrogen (secondary N) is 1. The Morgan fingerprint density at radius 1 is 1.04 bits per heavy atom. The highest BCUT2D eigenvalue weighted by molar-refractivity contribution is 5.95. The summed E-state index contributed by atoms with van der Waals surface area (Å²) >= 11 is 0. The summed E-state index contributed by atoms with van der Waals surface area (Å²) in [6, 6.07) is 7.04. The molecular weight excluding hydrogens is 362 g/mol. The molecule has 0 bridgehead atoms. The number of benzene rings is 1. The first kappa shape index (κ1) is 21.6. The number of carbonyl (C=O) groups excluding carboxylic acids is 1. The molecule has 1 aromatic heterocycles. The Morgan fingerprint density at radius 3 is 2.29 bits per heavy atom. The van der Waals surface area contributed by atoms with Gasteiger partial charge in [0.05, 0.1) is 26.1 Å². The van der Waals surface area contributed by atoms with Crippen LogP contribution in [0.1, 0.15) is 43.3 Å². The lowest BCUT2D eigenvalue weighted by Crippen LogP contribution is -2.25. The smallest absolute Gasteiger partial charge is 0.251 e. The zero-order valence-electron chi connectivity index (χ0n) is 16.8. The maximum Gasteiger partial charge on any atom is 0.251 e. The molecule has 154 valence electrons. The fourth-order valence-corrected chi connectivity index (χ4v) is 2.57. The molecule has 1 heterocycles. The molecule has 1 amide bonds. The van der Waals surface area contributed by atoms with Gasteiger partial charge in [-0.1, -0.05) is 0 Å². The van der Waals surface area contributed by atoms with Crippen molar-refractivity contribution in [3.8, 4) is 17.2 Å². The largest absolute Gasteiger partial charge is 0.490 e. The molecule has 28 heavy (non-hydrogen) atoms. The maximum absolute atomic E-state index is 12.5. The second kappa shape index (κ2) is 11.9. The van der Waals surface area contributed by atoms with Crippen LogP contribution in [0, 0.1) is 0 Å². The van der Waals surface area contributed by atoms with Gasteiger partial charge >= 0.3 is 0 Å². The first-order chi connectivity index (χ1) is 13.7. The van der Waals surface area contributed by atoms with Gasteiger partial charge < -0.3 is 28.7 Å². The van der Waals surface area contributed by atoms with Crippen molar-refractivity contribution < 1.29 is 28.2 Å². The Labute approximate surface area is 165 Å². The molecule has 1 N–H and O–H groups in total. The van der Waals surface area contributed by atoms with Crippen LogP contribution in [0.15, 0.2) is 34.9 Å². The van der Waals surface area contributed by atoms with Gasteiger partial charge in [-0.25, -0.2) is 0 Å². The van der Waals surface area contributed by atoms with Gasteiger partial charge in [0.1, 0.15) is 12.4 Å². The van der Waals surface area contributed by atoms with Crippen molar-refractivity contribution in [2.24, 2.45) is 0 Å². The van der Waals surface area contributed by atoms with Crippen molar-refractivity contribution in [2.45, 2.75) is 33.8 Å². The van der Waals surface area contributed by atoms with Crippen LogP contribution in [-0.4, -0.2) is 38.9 Å².